The number of rotatable bonds is 3. The minimum atomic E-state index is -0.782. The van der Waals surface area contributed by atoms with Crippen LogP contribution in [0.25, 0.3) is 0 Å². The van der Waals surface area contributed by atoms with E-state index in [-0.39, 0.29) is 24.3 Å². The molecule has 1 aromatic carbocycles. The van der Waals surface area contributed by atoms with E-state index in [1.807, 2.05) is 0 Å². The van der Waals surface area contributed by atoms with Crippen molar-refractivity contribution in [1.82, 2.24) is 0 Å². The van der Waals surface area contributed by atoms with E-state index in [4.69, 9.17) is 11.0 Å². The van der Waals surface area contributed by atoms with E-state index in [9.17, 15) is 8.78 Å². The second-order valence-corrected chi connectivity index (χ2v) is 2.64. The number of nitrogens with one attached hydrogen (secondary N) is 1. The Balaban J connectivity index is 3.01. The molecule has 0 aromatic heterocycles. The molecule has 0 atom stereocenters. The molecule has 0 aliphatic rings. The van der Waals surface area contributed by atoms with Gasteiger partial charge in [-0.25, -0.2) is 8.78 Å². The normalized spacial score (nSPS) is 9.57. The number of hydrogen-bond acceptors (Lipinski definition) is 3. The lowest BCUT2D eigenvalue weighted by atomic mass is 10.2. The van der Waals surface area contributed by atoms with Crippen molar-refractivity contribution in [2.75, 3.05) is 18.4 Å². The highest BCUT2D eigenvalue weighted by atomic mass is 19.1. The van der Waals surface area contributed by atoms with Gasteiger partial charge in [0, 0.05) is 13.1 Å². The van der Waals surface area contributed by atoms with Gasteiger partial charge in [0.25, 0.3) is 0 Å². The van der Waals surface area contributed by atoms with Crippen LogP contribution in [0.15, 0.2) is 12.1 Å². The number of nitriles is 1. The van der Waals surface area contributed by atoms with Crippen LogP contribution in [0, 0.1) is 23.0 Å². The molecular weight excluding hydrogens is 188 g/mol. The molecule has 14 heavy (non-hydrogen) atoms. The van der Waals surface area contributed by atoms with Gasteiger partial charge in [-0.05, 0) is 12.1 Å². The lowest BCUT2D eigenvalue weighted by molar-refractivity contribution is 0.587. The van der Waals surface area contributed by atoms with Crippen molar-refractivity contribution in [3.05, 3.63) is 29.3 Å². The van der Waals surface area contributed by atoms with E-state index in [0.717, 1.165) is 12.1 Å². The van der Waals surface area contributed by atoms with Crippen LogP contribution in [-0.2, 0) is 0 Å². The van der Waals surface area contributed by atoms with E-state index in [2.05, 4.69) is 5.32 Å². The average molecular weight is 197 g/mol. The standard InChI is InChI=1S/C9H9F2N3/c10-7-3-6(5-13)4-8(11)9(7)14-2-1-12/h3-4,14H,1-2,12H2. The van der Waals surface area contributed by atoms with Gasteiger partial charge in [0.1, 0.15) is 5.69 Å². The predicted molar refractivity (Wildman–Crippen MR) is 48.6 cm³/mol. The van der Waals surface area contributed by atoms with Gasteiger partial charge in [-0.3, -0.25) is 0 Å². The van der Waals surface area contributed by atoms with Gasteiger partial charge in [-0.2, -0.15) is 5.26 Å². The van der Waals surface area contributed by atoms with Crippen molar-refractivity contribution in [3.63, 3.8) is 0 Å². The van der Waals surface area contributed by atoms with Crippen molar-refractivity contribution >= 4 is 5.69 Å². The third-order valence-electron chi connectivity index (χ3n) is 1.62. The van der Waals surface area contributed by atoms with Crippen LogP contribution in [0.4, 0.5) is 14.5 Å². The van der Waals surface area contributed by atoms with Crippen molar-refractivity contribution in [2.45, 2.75) is 0 Å². The van der Waals surface area contributed by atoms with Gasteiger partial charge in [0.2, 0.25) is 0 Å². The zero-order valence-electron chi connectivity index (χ0n) is 7.35. The number of nitrogens with two attached hydrogens (primary N) is 1. The van der Waals surface area contributed by atoms with Gasteiger partial charge in [-0.15, -0.1) is 0 Å². The average Bonchev–Trinajstić information content (AvgIpc) is 2.16. The van der Waals surface area contributed by atoms with Crippen molar-refractivity contribution < 1.29 is 8.78 Å². The third kappa shape index (κ3) is 2.18. The van der Waals surface area contributed by atoms with E-state index in [1.54, 1.807) is 6.07 Å². The van der Waals surface area contributed by atoms with Crippen LogP contribution >= 0.6 is 0 Å². The molecular formula is C9H9F2N3. The van der Waals surface area contributed by atoms with Gasteiger partial charge >= 0.3 is 0 Å². The molecule has 0 bridgehead atoms. The number of benzene rings is 1. The van der Waals surface area contributed by atoms with Gasteiger partial charge in [0.15, 0.2) is 11.6 Å². The highest BCUT2D eigenvalue weighted by Crippen LogP contribution is 2.19. The first-order valence-electron chi connectivity index (χ1n) is 4.02. The largest absolute Gasteiger partial charge is 0.379 e. The highest BCUT2D eigenvalue weighted by Gasteiger charge is 2.09. The Bertz CT molecular complexity index is 348. The fourth-order valence-corrected chi connectivity index (χ4v) is 1.00. The van der Waals surface area contributed by atoms with Crippen LogP contribution in [0.5, 0.6) is 0 Å². The zero-order valence-corrected chi connectivity index (χ0v) is 7.35. The second kappa shape index (κ2) is 4.53. The smallest absolute Gasteiger partial charge is 0.150 e. The maximum atomic E-state index is 13.1. The zero-order chi connectivity index (χ0) is 10.6. The Labute approximate surface area is 80.1 Å². The molecule has 1 aromatic rings. The summed E-state index contributed by atoms with van der Waals surface area (Å²) in [5.74, 6) is -1.56. The number of anilines is 1. The number of halogens is 2. The molecule has 0 fully saturated rings. The summed E-state index contributed by atoms with van der Waals surface area (Å²) in [6.45, 7) is 0.554. The Morgan fingerprint density at radius 3 is 2.36 bits per heavy atom. The van der Waals surface area contributed by atoms with Crippen molar-refractivity contribution in [3.8, 4) is 6.07 Å². The molecule has 3 nitrogen and oxygen atoms in total. The molecule has 0 radical (unpaired) electrons. The molecule has 0 amide bonds. The van der Waals surface area contributed by atoms with Crippen molar-refractivity contribution in [2.24, 2.45) is 5.73 Å². The molecule has 74 valence electrons. The SMILES string of the molecule is N#Cc1cc(F)c(NCCN)c(F)c1. The Hall–Kier alpha value is -1.67. The van der Waals surface area contributed by atoms with E-state index in [0.29, 0.717) is 0 Å². The summed E-state index contributed by atoms with van der Waals surface area (Å²) in [7, 11) is 0. The topological polar surface area (TPSA) is 61.8 Å². The predicted octanol–water partition coefficient (Wildman–Crippen LogP) is 1.21. The Kier molecular flexibility index (Phi) is 3.37. The molecule has 0 heterocycles. The molecule has 1 rings (SSSR count). The lowest BCUT2D eigenvalue weighted by Gasteiger charge is -2.07. The molecule has 0 aliphatic heterocycles. The molecule has 0 saturated heterocycles. The Morgan fingerprint density at radius 1 is 1.36 bits per heavy atom. The summed E-state index contributed by atoms with van der Waals surface area (Å²) in [6, 6.07) is 3.61. The van der Waals surface area contributed by atoms with Crippen LogP contribution in [0.1, 0.15) is 5.56 Å². The summed E-state index contributed by atoms with van der Waals surface area (Å²) < 4.78 is 26.3. The van der Waals surface area contributed by atoms with Crippen LogP contribution in [-0.4, -0.2) is 13.1 Å². The molecule has 0 saturated carbocycles. The van der Waals surface area contributed by atoms with E-state index < -0.39 is 11.6 Å². The van der Waals surface area contributed by atoms with E-state index >= 15 is 0 Å². The molecule has 0 aliphatic carbocycles. The molecule has 0 unspecified atom stereocenters. The van der Waals surface area contributed by atoms with Crippen LogP contribution < -0.4 is 11.1 Å². The van der Waals surface area contributed by atoms with E-state index in [1.165, 1.54) is 0 Å². The van der Waals surface area contributed by atoms with Crippen molar-refractivity contribution in [1.29, 1.82) is 5.26 Å². The fraction of sp³-hybridized carbons (Fsp3) is 0.222. The molecule has 3 N–H and O–H groups in total. The molecule has 0 spiro atoms. The third-order valence-corrected chi connectivity index (χ3v) is 1.62. The first-order valence-corrected chi connectivity index (χ1v) is 4.02. The van der Waals surface area contributed by atoms with Crippen LogP contribution in [0.2, 0.25) is 0 Å². The maximum Gasteiger partial charge on any atom is 0.150 e. The first kappa shape index (κ1) is 10.4. The minimum absolute atomic E-state index is 0.0432. The second-order valence-electron chi connectivity index (χ2n) is 2.64. The highest BCUT2D eigenvalue weighted by molar-refractivity contribution is 5.50. The Morgan fingerprint density at radius 2 is 1.93 bits per heavy atom. The van der Waals surface area contributed by atoms with Crippen LogP contribution in [0.3, 0.4) is 0 Å². The number of hydrogen-bond donors (Lipinski definition) is 2. The minimum Gasteiger partial charge on any atom is -0.379 e. The monoisotopic (exact) mass is 197 g/mol. The summed E-state index contributed by atoms with van der Waals surface area (Å²) in [6.07, 6.45) is 0. The van der Waals surface area contributed by atoms with Gasteiger partial charge in [-0.1, -0.05) is 0 Å². The summed E-state index contributed by atoms with van der Waals surface area (Å²) in [5, 5.41) is 10.9. The number of nitrogens with zero attached hydrogens (tertiary/aromatic N) is 1. The fourth-order valence-electron chi connectivity index (χ4n) is 1.00. The summed E-state index contributed by atoms with van der Waals surface area (Å²) >= 11 is 0. The van der Waals surface area contributed by atoms with Gasteiger partial charge < -0.3 is 11.1 Å². The molecule has 5 heteroatoms. The summed E-state index contributed by atoms with van der Waals surface area (Å²) in [4.78, 5) is 0. The lowest BCUT2D eigenvalue weighted by Crippen LogP contribution is -2.15. The quantitative estimate of drug-likeness (QED) is 0.765. The maximum absolute atomic E-state index is 13.1. The summed E-state index contributed by atoms with van der Waals surface area (Å²) in [5.41, 5.74) is 4.89. The van der Waals surface area contributed by atoms with Gasteiger partial charge in [0.05, 0.1) is 11.6 Å². The first-order chi connectivity index (χ1) is 6.69.